The highest BCUT2D eigenvalue weighted by molar-refractivity contribution is 5.66. The summed E-state index contributed by atoms with van der Waals surface area (Å²) in [4.78, 5) is 0. The molecule has 0 saturated heterocycles. The van der Waals surface area contributed by atoms with Crippen molar-refractivity contribution in [3.05, 3.63) is 53.6 Å². The van der Waals surface area contributed by atoms with Crippen molar-refractivity contribution in [1.82, 2.24) is 5.32 Å². The Morgan fingerprint density at radius 1 is 1.14 bits per heavy atom. The smallest absolute Gasteiger partial charge is 0.137 e. The fourth-order valence-electron chi connectivity index (χ4n) is 2.46. The Morgan fingerprint density at radius 3 is 2.33 bits per heavy atom. The van der Waals surface area contributed by atoms with Crippen LogP contribution in [0.4, 0.5) is 8.78 Å². The summed E-state index contributed by atoms with van der Waals surface area (Å²) in [6, 6.07) is 9.84. The van der Waals surface area contributed by atoms with Crippen LogP contribution in [0.25, 0.3) is 11.1 Å². The molecule has 4 heteroatoms. The molecule has 21 heavy (non-hydrogen) atoms. The first-order chi connectivity index (χ1) is 10.1. The van der Waals surface area contributed by atoms with Crippen LogP contribution in [-0.2, 0) is 0 Å². The molecular weight excluding hydrogens is 272 g/mol. The molecule has 2 nitrogen and oxygen atoms in total. The third kappa shape index (κ3) is 3.22. The van der Waals surface area contributed by atoms with E-state index in [1.54, 1.807) is 6.07 Å². The number of ether oxygens (including phenoxy) is 1. The van der Waals surface area contributed by atoms with Gasteiger partial charge < -0.3 is 10.1 Å². The molecule has 2 aromatic rings. The second-order valence-electron chi connectivity index (χ2n) is 4.84. The Morgan fingerprint density at radius 2 is 1.81 bits per heavy atom. The van der Waals surface area contributed by atoms with Crippen LogP contribution in [0.1, 0.15) is 24.9 Å². The molecule has 2 rings (SSSR count). The monoisotopic (exact) mass is 291 g/mol. The highest BCUT2D eigenvalue weighted by atomic mass is 19.1. The average molecular weight is 291 g/mol. The molecule has 0 saturated carbocycles. The summed E-state index contributed by atoms with van der Waals surface area (Å²) >= 11 is 0. The Hall–Kier alpha value is -1.94. The summed E-state index contributed by atoms with van der Waals surface area (Å²) in [5.74, 6) is -1.07. The van der Waals surface area contributed by atoms with Crippen molar-refractivity contribution >= 4 is 0 Å². The molecule has 0 radical (unpaired) electrons. The molecule has 0 aliphatic rings. The number of nitrogens with one attached hydrogen (secondary N) is 1. The van der Waals surface area contributed by atoms with Gasteiger partial charge in [0.15, 0.2) is 0 Å². The van der Waals surface area contributed by atoms with Crippen molar-refractivity contribution in [1.29, 1.82) is 0 Å². The van der Waals surface area contributed by atoms with Gasteiger partial charge in [0.25, 0.3) is 0 Å². The van der Waals surface area contributed by atoms with Crippen molar-refractivity contribution in [3.8, 4) is 16.9 Å². The summed E-state index contributed by atoms with van der Waals surface area (Å²) in [5.41, 5.74) is 1.51. The van der Waals surface area contributed by atoms with Gasteiger partial charge in [0, 0.05) is 18.2 Å². The van der Waals surface area contributed by atoms with Crippen LogP contribution in [0, 0.1) is 11.6 Å². The lowest BCUT2D eigenvalue weighted by molar-refractivity contribution is 0.407. The molecule has 112 valence electrons. The molecule has 2 aromatic carbocycles. The number of rotatable bonds is 5. The Labute approximate surface area is 123 Å². The van der Waals surface area contributed by atoms with E-state index < -0.39 is 11.6 Å². The zero-order chi connectivity index (χ0) is 15.4. The number of methoxy groups -OCH3 is 1. The van der Waals surface area contributed by atoms with E-state index >= 15 is 0 Å². The van der Waals surface area contributed by atoms with Crippen LogP contribution in [-0.4, -0.2) is 14.2 Å². The van der Waals surface area contributed by atoms with Crippen LogP contribution >= 0.6 is 0 Å². The van der Waals surface area contributed by atoms with E-state index in [0.717, 1.165) is 12.0 Å². The Kier molecular flexibility index (Phi) is 4.91. The van der Waals surface area contributed by atoms with Gasteiger partial charge in [-0.1, -0.05) is 25.1 Å². The van der Waals surface area contributed by atoms with Crippen LogP contribution in [0.2, 0.25) is 0 Å². The third-order valence-corrected chi connectivity index (χ3v) is 3.59. The number of hydrogen-bond acceptors (Lipinski definition) is 2. The van der Waals surface area contributed by atoms with Gasteiger partial charge in [-0.05, 0) is 30.7 Å². The van der Waals surface area contributed by atoms with E-state index in [2.05, 4.69) is 12.2 Å². The maximum atomic E-state index is 14.1. The minimum absolute atomic E-state index is 0.0244. The summed E-state index contributed by atoms with van der Waals surface area (Å²) in [7, 11) is 3.25. The number of halogens is 2. The van der Waals surface area contributed by atoms with E-state index in [1.165, 1.54) is 19.2 Å². The van der Waals surface area contributed by atoms with Crippen molar-refractivity contribution < 1.29 is 13.5 Å². The molecule has 0 amide bonds. The lowest BCUT2D eigenvalue weighted by atomic mass is 9.97. The van der Waals surface area contributed by atoms with Crippen LogP contribution < -0.4 is 10.1 Å². The molecule has 1 atom stereocenters. The highest BCUT2D eigenvalue weighted by Gasteiger charge is 2.15. The maximum Gasteiger partial charge on any atom is 0.137 e. The molecule has 0 aliphatic carbocycles. The summed E-state index contributed by atoms with van der Waals surface area (Å²) < 4.78 is 33.2. The van der Waals surface area contributed by atoms with E-state index in [4.69, 9.17) is 4.74 Å². The molecule has 1 N–H and O–H groups in total. The van der Waals surface area contributed by atoms with Gasteiger partial charge in [0.1, 0.15) is 17.4 Å². The van der Waals surface area contributed by atoms with Gasteiger partial charge in [-0.15, -0.1) is 0 Å². The fourth-order valence-corrected chi connectivity index (χ4v) is 2.46. The fraction of sp³-hybridized carbons (Fsp3) is 0.294. The third-order valence-electron chi connectivity index (χ3n) is 3.59. The van der Waals surface area contributed by atoms with E-state index in [1.807, 2.05) is 25.2 Å². The lowest BCUT2D eigenvalue weighted by Crippen LogP contribution is -2.15. The number of hydrogen-bond donors (Lipinski definition) is 1. The first kappa shape index (κ1) is 15.4. The normalized spacial score (nSPS) is 12.2. The van der Waals surface area contributed by atoms with Crippen LogP contribution in [0.15, 0.2) is 36.4 Å². The maximum absolute atomic E-state index is 14.1. The minimum Gasteiger partial charge on any atom is -0.497 e. The predicted octanol–water partition coefficient (Wildman–Crippen LogP) is 4.31. The zero-order valence-electron chi connectivity index (χ0n) is 12.4. The second kappa shape index (κ2) is 6.68. The standard InChI is InChI=1S/C17H19F2NO/c1-4-16(20-2)11-6-5-7-12(8-11)17-14(18)9-13(21-3)10-15(17)19/h5-10,16,20H,4H2,1-3H3. The largest absolute Gasteiger partial charge is 0.497 e. The topological polar surface area (TPSA) is 21.3 Å². The minimum atomic E-state index is -0.624. The van der Waals surface area contributed by atoms with E-state index in [-0.39, 0.29) is 17.4 Å². The van der Waals surface area contributed by atoms with Gasteiger partial charge in [0.2, 0.25) is 0 Å². The first-order valence-corrected chi connectivity index (χ1v) is 6.91. The van der Waals surface area contributed by atoms with Crippen LogP contribution in [0.5, 0.6) is 5.75 Å². The number of benzene rings is 2. The zero-order valence-corrected chi connectivity index (χ0v) is 12.4. The van der Waals surface area contributed by atoms with Crippen molar-refractivity contribution in [3.63, 3.8) is 0 Å². The molecule has 0 heterocycles. The van der Waals surface area contributed by atoms with Gasteiger partial charge in [-0.3, -0.25) is 0 Å². The molecule has 0 aliphatic heterocycles. The highest BCUT2D eigenvalue weighted by Crippen LogP contribution is 2.31. The quantitative estimate of drug-likeness (QED) is 0.886. The molecule has 0 spiro atoms. The van der Waals surface area contributed by atoms with Gasteiger partial charge >= 0.3 is 0 Å². The van der Waals surface area contributed by atoms with E-state index in [0.29, 0.717) is 5.56 Å². The summed E-state index contributed by atoms with van der Waals surface area (Å²) in [6.07, 6.45) is 0.896. The Balaban J connectivity index is 2.50. The SMILES string of the molecule is CCC(NC)c1cccc(-c2c(F)cc(OC)cc2F)c1. The Bertz CT molecular complexity index is 601. The molecule has 1 unspecified atom stereocenters. The molecule has 0 bridgehead atoms. The van der Waals surface area contributed by atoms with Crippen molar-refractivity contribution in [2.75, 3.05) is 14.2 Å². The second-order valence-corrected chi connectivity index (χ2v) is 4.84. The van der Waals surface area contributed by atoms with Gasteiger partial charge in [-0.25, -0.2) is 8.78 Å². The van der Waals surface area contributed by atoms with Gasteiger partial charge in [0.05, 0.1) is 12.7 Å². The molecule has 0 aromatic heterocycles. The van der Waals surface area contributed by atoms with Gasteiger partial charge in [-0.2, -0.15) is 0 Å². The molecule has 0 fully saturated rings. The van der Waals surface area contributed by atoms with Crippen molar-refractivity contribution in [2.24, 2.45) is 0 Å². The van der Waals surface area contributed by atoms with Crippen LogP contribution in [0.3, 0.4) is 0 Å². The summed E-state index contributed by atoms with van der Waals surface area (Å²) in [6.45, 7) is 2.06. The lowest BCUT2D eigenvalue weighted by Gasteiger charge is -2.16. The first-order valence-electron chi connectivity index (χ1n) is 6.91. The molecular formula is C17H19F2NO. The van der Waals surface area contributed by atoms with E-state index in [9.17, 15) is 8.78 Å². The predicted molar refractivity (Wildman–Crippen MR) is 80.4 cm³/mol. The average Bonchev–Trinajstić information content (AvgIpc) is 2.48. The summed E-state index contributed by atoms with van der Waals surface area (Å²) in [5, 5.41) is 3.19. The van der Waals surface area contributed by atoms with Crippen molar-refractivity contribution in [2.45, 2.75) is 19.4 Å².